The van der Waals surface area contributed by atoms with E-state index in [0.29, 0.717) is 23.7 Å². The maximum atomic E-state index is 11.8. The van der Waals surface area contributed by atoms with Crippen LogP contribution >= 0.6 is 0 Å². The minimum Gasteiger partial charge on any atom is -0.393 e. The zero-order valence-corrected chi connectivity index (χ0v) is 13.9. The monoisotopic (exact) mass is 302 g/mol. The third-order valence-electron chi connectivity index (χ3n) is 5.72. The lowest BCUT2D eigenvalue weighted by molar-refractivity contribution is -0.00114. The zero-order valence-electron chi connectivity index (χ0n) is 13.1. The topological polar surface area (TPSA) is 54.4 Å². The van der Waals surface area contributed by atoms with E-state index in [2.05, 4.69) is 13.8 Å². The van der Waals surface area contributed by atoms with Crippen LogP contribution in [0.1, 0.15) is 58.8 Å². The maximum Gasteiger partial charge on any atom is 0.150 e. The average Bonchev–Trinajstić information content (AvgIpc) is 2.38. The minimum absolute atomic E-state index is 0.173. The minimum atomic E-state index is -2.93. The molecule has 5 unspecified atom stereocenters. The van der Waals surface area contributed by atoms with Gasteiger partial charge in [0.25, 0.3) is 0 Å². The number of sulfone groups is 1. The molecule has 5 atom stereocenters. The van der Waals surface area contributed by atoms with Gasteiger partial charge in [0, 0.05) is 6.26 Å². The molecular weight excluding hydrogens is 272 g/mol. The summed E-state index contributed by atoms with van der Waals surface area (Å²) in [5, 5.41) is 10.2. The molecule has 2 rings (SSSR count). The van der Waals surface area contributed by atoms with E-state index in [-0.39, 0.29) is 11.4 Å². The van der Waals surface area contributed by atoms with Gasteiger partial charge in [-0.2, -0.15) is 0 Å². The average molecular weight is 302 g/mol. The van der Waals surface area contributed by atoms with E-state index in [0.717, 1.165) is 44.9 Å². The summed E-state index contributed by atoms with van der Waals surface area (Å²) in [6, 6.07) is 0. The third-order valence-corrected chi connectivity index (χ3v) is 7.36. The van der Waals surface area contributed by atoms with Crippen molar-refractivity contribution < 1.29 is 13.5 Å². The third kappa shape index (κ3) is 3.76. The lowest BCUT2D eigenvalue weighted by Gasteiger charge is -2.42. The predicted octanol–water partition coefficient (Wildman–Crippen LogP) is 3.02. The van der Waals surface area contributed by atoms with E-state index in [9.17, 15) is 13.5 Å². The fourth-order valence-corrected chi connectivity index (χ4v) is 5.49. The molecule has 4 heteroatoms. The van der Waals surface area contributed by atoms with Gasteiger partial charge in [0.05, 0.1) is 11.4 Å². The van der Waals surface area contributed by atoms with Gasteiger partial charge in [0.1, 0.15) is 9.84 Å². The van der Waals surface area contributed by atoms with E-state index in [1.165, 1.54) is 6.26 Å². The number of aliphatic hydroxyl groups excluding tert-OH is 1. The van der Waals surface area contributed by atoms with Crippen LogP contribution in [0.3, 0.4) is 0 Å². The molecule has 1 N–H and O–H groups in total. The molecule has 0 aromatic heterocycles. The van der Waals surface area contributed by atoms with E-state index < -0.39 is 9.84 Å². The van der Waals surface area contributed by atoms with Gasteiger partial charge in [0.15, 0.2) is 0 Å². The first-order valence-corrected chi connectivity index (χ1v) is 10.1. The molecule has 0 aromatic carbocycles. The van der Waals surface area contributed by atoms with Gasteiger partial charge in [-0.1, -0.05) is 26.7 Å². The van der Waals surface area contributed by atoms with E-state index >= 15 is 0 Å². The summed E-state index contributed by atoms with van der Waals surface area (Å²) in [4.78, 5) is 0. The highest BCUT2D eigenvalue weighted by atomic mass is 32.2. The van der Waals surface area contributed by atoms with Gasteiger partial charge >= 0.3 is 0 Å². The molecule has 20 heavy (non-hydrogen) atoms. The van der Waals surface area contributed by atoms with Crippen molar-refractivity contribution in [2.45, 2.75) is 70.1 Å². The van der Waals surface area contributed by atoms with Crippen molar-refractivity contribution in [1.82, 2.24) is 0 Å². The summed E-state index contributed by atoms with van der Waals surface area (Å²) in [5.41, 5.74) is 0. The summed E-state index contributed by atoms with van der Waals surface area (Å²) < 4.78 is 23.6. The molecule has 0 saturated heterocycles. The number of hydrogen-bond acceptors (Lipinski definition) is 3. The molecule has 0 aliphatic heterocycles. The summed E-state index contributed by atoms with van der Waals surface area (Å²) in [7, 11) is -2.93. The first kappa shape index (κ1) is 16.3. The molecule has 2 aliphatic carbocycles. The van der Waals surface area contributed by atoms with Crippen LogP contribution in [0.2, 0.25) is 0 Å². The molecule has 0 spiro atoms. The standard InChI is InChI=1S/C16H30O3S/c1-11(2)12-7-8-16(17)15(10-12)13-5-4-6-14(9-13)20(3,18)19/h11-17H,4-10H2,1-3H3. The van der Waals surface area contributed by atoms with Crippen molar-refractivity contribution in [2.24, 2.45) is 23.7 Å². The van der Waals surface area contributed by atoms with Gasteiger partial charge in [-0.05, 0) is 55.8 Å². The van der Waals surface area contributed by atoms with Crippen molar-refractivity contribution >= 4 is 9.84 Å². The Bertz CT molecular complexity index is 415. The Morgan fingerprint density at radius 1 is 1.05 bits per heavy atom. The van der Waals surface area contributed by atoms with Crippen molar-refractivity contribution in [1.29, 1.82) is 0 Å². The molecule has 0 bridgehead atoms. The Morgan fingerprint density at radius 3 is 2.35 bits per heavy atom. The summed E-state index contributed by atoms with van der Waals surface area (Å²) >= 11 is 0. The van der Waals surface area contributed by atoms with Crippen LogP contribution in [0.5, 0.6) is 0 Å². The second-order valence-electron chi connectivity index (χ2n) is 7.43. The SMILES string of the molecule is CC(C)C1CCC(O)C(C2CCCC(S(C)(=O)=O)C2)C1. The fraction of sp³-hybridized carbons (Fsp3) is 1.00. The molecule has 0 amide bonds. The summed E-state index contributed by atoms with van der Waals surface area (Å²) in [6.07, 6.45) is 7.93. The molecule has 2 fully saturated rings. The Hall–Kier alpha value is -0.0900. The Kier molecular flexibility index (Phi) is 5.17. The van der Waals surface area contributed by atoms with Crippen LogP contribution in [0.25, 0.3) is 0 Å². The quantitative estimate of drug-likeness (QED) is 0.872. The lowest BCUT2D eigenvalue weighted by Crippen LogP contribution is -2.39. The largest absolute Gasteiger partial charge is 0.393 e. The first-order chi connectivity index (χ1) is 9.29. The van der Waals surface area contributed by atoms with Gasteiger partial charge in [-0.15, -0.1) is 0 Å². The molecule has 0 aromatic rings. The number of aliphatic hydroxyl groups is 1. The van der Waals surface area contributed by atoms with Crippen LogP contribution in [0.15, 0.2) is 0 Å². The molecule has 2 aliphatic rings. The van der Waals surface area contributed by atoms with Crippen LogP contribution in [0.4, 0.5) is 0 Å². The Labute approximate surface area is 124 Å². The molecule has 0 heterocycles. The van der Waals surface area contributed by atoms with Crippen molar-refractivity contribution in [2.75, 3.05) is 6.26 Å². The molecule has 2 saturated carbocycles. The maximum absolute atomic E-state index is 11.8. The van der Waals surface area contributed by atoms with Crippen molar-refractivity contribution in [3.05, 3.63) is 0 Å². The van der Waals surface area contributed by atoms with Gasteiger partial charge < -0.3 is 5.11 Å². The normalized spacial score (nSPS) is 40.0. The summed E-state index contributed by atoms with van der Waals surface area (Å²) in [6.45, 7) is 4.53. The predicted molar refractivity (Wildman–Crippen MR) is 82.3 cm³/mol. The second kappa shape index (κ2) is 6.35. The van der Waals surface area contributed by atoms with Gasteiger partial charge in [0.2, 0.25) is 0 Å². The fourth-order valence-electron chi connectivity index (χ4n) is 4.29. The smallest absolute Gasteiger partial charge is 0.150 e. The van der Waals surface area contributed by atoms with E-state index in [1.807, 2.05) is 0 Å². The van der Waals surface area contributed by atoms with Crippen molar-refractivity contribution in [3.8, 4) is 0 Å². The second-order valence-corrected chi connectivity index (χ2v) is 9.75. The highest BCUT2D eigenvalue weighted by Gasteiger charge is 2.39. The Balaban J connectivity index is 2.05. The number of rotatable bonds is 3. The first-order valence-electron chi connectivity index (χ1n) is 8.16. The zero-order chi connectivity index (χ0) is 14.9. The number of hydrogen-bond donors (Lipinski definition) is 1. The lowest BCUT2D eigenvalue weighted by atomic mass is 9.67. The van der Waals surface area contributed by atoms with Gasteiger partial charge in [-0.3, -0.25) is 0 Å². The van der Waals surface area contributed by atoms with Crippen LogP contribution in [0, 0.1) is 23.7 Å². The van der Waals surface area contributed by atoms with Crippen LogP contribution < -0.4 is 0 Å². The molecule has 118 valence electrons. The van der Waals surface area contributed by atoms with Crippen LogP contribution in [-0.4, -0.2) is 31.1 Å². The molecular formula is C16H30O3S. The summed E-state index contributed by atoms with van der Waals surface area (Å²) in [5.74, 6) is 2.09. The van der Waals surface area contributed by atoms with Crippen LogP contribution in [-0.2, 0) is 9.84 Å². The molecule has 3 nitrogen and oxygen atoms in total. The van der Waals surface area contributed by atoms with Crippen molar-refractivity contribution in [3.63, 3.8) is 0 Å². The Morgan fingerprint density at radius 2 is 1.75 bits per heavy atom. The molecule has 0 radical (unpaired) electrons. The highest BCUT2D eigenvalue weighted by molar-refractivity contribution is 7.91. The van der Waals surface area contributed by atoms with E-state index in [1.54, 1.807) is 0 Å². The van der Waals surface area contributed by atoms with Gasteiger partial charge in [-0.25, -0.2) is 8.42 Å². The highest BCUT2D eigenvalue weighted by Crippen LogP contribution is 2.43. The van der Waals surface area contributed by atoms with E-state index in [4.69, 9.17) is 0 Å².